The Hall–Kier alpha value is -1.14. The normalized spacial score (nSPS) is 22.6. The number of nitrogens with zero attached hydrogens (tertiary/aromatic N) is 3. The average molecular weight is 340 g/mol. The molecular formula is C13H14BrN3OS. The van der Waals surface area contributed by atoms with Gasteiger partial charge in [-0.15, -0.1) is 0 Å². The van der Waals surface area contributed by atoms with E-state index in [0.717, 1.165) is 10.6 Å². The highest BCUT2D eigenvalue weighted by Gasteiger charge is 2.33. The number of aromatic nitrogens is 1. The lowest BCUT2D eigenvalue weighted by Gasteiger charge is -2.24. The van der Waals surface area contributed by atoms with Gasteiger partial charge in [0.1, 0.15) is 15.4 Å². The lowest BCUT2D eigenvalue weighted by molar-refractivity contribution is -0.125. The van der Waals surface area contributed by atoms with Gasteiger partial charge in [0.25, 0.3) is 0 Å². The van der Waals surface area contributed by atoms with Crippen molar-refractivity contribution in [2.24, 2.45) is 4.99 Å². The summed E-state index contributed by atoms with van der Waals surface area (Å²) in [6.07, 6.45) is 6.81. The van der Waals surface area contributed by atoms with E-state index in [0.29, 0.717) is 0 Å². The lowest BCUT2D eigenvalue weighted by atomic mass is 10.3. The van der Waals surface area contributed by atoms with Crippen LogP contribution >= 0.6 is 27.7 Å². The zero-order chi connectivity index (χ0) is 13.8. The van der Waals surface area contributed by atoms with Gasteiger partial charge in [0.15, 0.2) is 0 Å². The molecule has 0 N–H and O–H groups in total. The molecule has 1 aromatic rings. The second kappa shape index (κ2) is 6.34. The van der Waals surface area contributed by atoms with Gasteiger partial charge in [0, 0.05) is 25.0 Å². The second-order valence-electron chi connectivity index (χ2n) is 4.01. The Bertz CT molecular complexity index is 518. The first kappa shape index (κ1) is 14.3. The van der Waals surface area contributed by atoms with E-state index < -0.39 is 0 Å². The minimum Gasteiger partial charge on any atom is -0.327 e. The van der Waals surface area contributed by atoms with Gasteiger partial charge in [0.05, 0.1) is 0 Å². The molecule has 2 heterocycles. The third-order valence-electron chi connectivity index (χ3n) is 2.66. The summed E-state index contributed by atoms with van der Waals surface area (Å²) in [5.41, 5.74) is 0.978. The Morgan fingerprint density at radius 2 is 2.37 bits per heavy atom. The fourth-order valence-corrected chi connectivity index (χ4v) is 3.77. The molecule has 0 aromatic carbocycles. The summed E-state index contributed by atoms with van der Waals surface area (Å²) in [5.74, 6) is -0.0212. The molecule has 1 aromatic heterocycles. The number of alkyl halides is 1. The van der Waals surface area contributed by atoms with E-state index in [2.05, 4.69) is 25.9 Å². The zero-order valence-electron chi connectivity index (χ0n) is 10.7. The molecule has 0 fully saturated rings. The predicted molar refractivity (Wildman–Crippen MR) is 82.5 cm³/mol. The number of aliphatic imine (C=N–C) groups is 1. The quantitative estimate of drug-likeness (QED) is 0.483. The van der Waals surface area contributed by atoms with Gasteiger partial charge >= 0.3 is 0 Å². The van der Waals surface area contributed by atoms with E-state index in [1.54, 1.807) is 48.3 Å². The van der Waals surface area contributed by atoms with Crippen molar-refractivity contribution in [2.45, 2.75) is 17.2 Å². The van der Waals surface area contributed by atoms with Crippen LogP contribution in [0.15, 0.2) is 41.7 Å². The summed E-state index contributed by atoms with van der Waals surface area (Å²) >= 11 is 5.08. The number of hydrogen-bond acceptors (Lipinski definition) is 4. The number of carbonyl (C=O) groups is 1. The smallest absolute Gasteiger partial charge is 0.246 e. The summed E-state index contributed by atoms with van der Waals surface area (Å²) in [4.78, 5) is 22.1. The van der Waals surface area contributed by atoms with Gasteiger partial charge in [-0.2, -0.15) is 0 Å². The lowest BCUT2D eigenvalue weighted by Crippen LogP contribution is -2.37. The highest BCUT2D eigenvalue weighted by atomic mass is 79.9. The first-order valence-corrected chi connectivity index (χ1v) is 7.61. The Labute approximate surface area is 125 Å². The highest BCUT2D eigenvalue weighted by Crippen LogP contribution is 2.35. The van der Waals surface area contributed by atoms with E-state index in [-0.39, 0.29) is 16.2 Å². The summed E-state index contributed by atoms with van der Waals surface area (Å²) in [6.45, 7) is 1.83. The number of amides is 1. The molecule has 0 radical (unpaired) electrons. The van der Waals surface area contributed by atoms with Crippen molar-refractivity contribution < 1.29 is 4.79 Å². The standard InChI is InChI=1S/C13H14BrN3OS/c1-3-5-10(18)17(2)13-11(14)16-12(19-13)9-6-4-7-15-8-9/h3-8,11,13H,1-2H3/b5-3+. The van der Waals surface area contributed by atoms with Crippen LogP contribution in [0.5, 0.6) is 0 Å². The fourth-order valence-electron chi connectivity index (χ4n) is 1.66. The van der Waals surface area contributed by atoms with Crippen LogP contribution in [0.4, 0.5) is 0 Å². The van der Waals surface area contributed by atoms with Crippen molar-refractivity contribution in [3.05, 3.63) is 42.2 Å². The summed E-state index contributed by atoms with van der Waals surface area (Å²) in [6, 6.07) is 3.85. The number of hydrogen-bond donors (Lipinski definition) is 0. The molecule has 100 valence electrons. The Balaban J connectivity index is 2.12. The largest absolute Gasteiger partial charge is 0.327 e. The average Bonchev–Trinajstić information content (AvgIpc) is 2.81. The molecule has 0 bridgehead atoms. The van der Waals surface area contributed by atoms with Crippen molar-refractivity contribution in [3.8, 4) is 0 Å². The van der Waals surface area contributed by atoms with Crippen LogP contribution in [-0.4, -0.2) is 38.2 Å². The van der Waals surface area contributed by atoms with Gasteiger partial charge in [-0.1, -0.05) is 33.8 Å². The number of likely N-dealkylation sites (N-methyl/N-ethyl adjacent to an activating group) is 1. The maximum absolute atomic E-state index is 11.9. The van der Waals surface area contributed by atoms with Crippen LogP contribution in [0.3, 0.4) is 0 Å². The molecule has 0 saturated heterocycles. The minimum absolute atomic E-state index is 0.0212. The number of allylic oxidation sites excluding steroid dienone is 1. The number of rotatable bonds is 3. The molecular weight excluding hydrogens is 326 g/mol. The monoisotopic (exact) mass is 339 g/mol. The third-order valence-corrected chi connectivity index (χ3v) is 5.09. The van der Waals surface area contributed by atoms with Crippen LogP contribution < -0.4 is 0 Å². The first-order chi connectivity index (χ1) is 9.13. The Kier molecular flexibility index (Phi) is 4.76. The maximum Gasteiger partial charge on any atom is 0.246 e. The SMILES string of the molecule is C/C=C/C(=O)N(C)C1SC(c2cccnc2)=NC1Br. The topological polar surface area (TPSA) is 45.6 Å². The molecule has 2 atom stereocenters. The summed E-state index contributed by atoms with van der Waals surface area (Å²) < 4.78 is 0. The molecule has 19 heavy (non-hydrogen) atoms. The van der Waals surface area contributed by atoms with E-state index in [4.69, 9.17) is 0 Å². The van der Waals surface area contributed by atoms with Crippen molar-refractivity contribution in [3.63, 3.8) is 0 Å². The number of carbonyl (C=O) groups excluding carboxylic acids is 1. The van der Waals surface area contributed by atoms with E-state index in [1.165, 1.54) is 0 Å². The van der Waals surface area contributed by atoms with Crippen LogP contribution in [0.2, 0.25) is 0 Å². The van der Waals surface area contributed by atoms with E-state index in [1.807, 2.05) is 19.1 Å². The molecule has 1 amide bonds. The van der Waals surface area contributed by atoms with E-state index in [9.17, 15) is 4.79 Å². The van der Waals surface area contributed by atoms with Gasteiger partial charge in [-0.05, 0) is 25.1 Å². The zero-order valence-corrected chi connectivity index (χ0v) is 13.1. The molecule has 1 aliphatic heterocycles. The maximum atomic E-state index is 11.9. The molecule has 4 nitrogen and oxygen atoms in total. The summed E-state index contributed by atoms with van der Waals surface area (Å²) in [5, 5.41) is 0.860. The van der Waals surface area contributed by atoms with Crippen molar-refractivity contribution in [2.75, 3.05) is 7.05 Å². The Morgan fingerprint density at radius 3 is 3.00 bits per heavy atom. The second-order valence-corrected chi connectivity index (χ2v) is 6.05. The molecule has 0 saturated carbocycles. The van der Waals surface area contributed by atoms with Crippen LogP contribution in [0.25, 0.3) is 0 Å². The predicted octanol–water partition coefficient (Wildman–Crippen LogP) is 2.66. The molecule has 2 rings (SSSR count). The van der Waals surface area contributed by atoms with E-state index >= 15 is 0 Å². The summed E-state index contributed by atoms with van der Waals surface area (Å²) in [7, 11) is 1.79. The molecule has 0 aliphatic carbocycles. The van der Waals surface area contributed by atoms with Crippen LogP contribution in [0.1, 0.15) is 12.5 Å². The van der Waals surface area contributed by atoms with Crippen LogP contribution in [0, 0.1) is 0 Å². The van der Waals surface area contributed by atoms with Gasteiger partial charge in [-0.3, -0.25) is 14.8 Å². The number of pyridine rings is 1. The molecule has 6 heteroatoms. The van der Waals surface area contributed by atoms with Crippen molar-refractivity contribution >= 4 is 38.6 Å². The van der Waals surface area contributed by atoms with Gasteiger partial charge in [0.2, 0.25) is 5.91 Å². The van der Waals surface area contributed by atoms with Crippen LogP contribution in [-0.2, 0) is 4.79 Å². The Morgan fingerprint density at radius 1 is 1.58 bits per heavy atom. The van der Waals surface area contributed by atoms with Gasteiger partial charge < -0.3 is 4.90 Å². The highest BCUT2D eigenvalue weighted by molar-refractivity contribution is 9.09. The van der Waals surface area contributed by atoms with Crippen molar-refractivity contribution in [1.29, 1.82) is 0 Å². The first-order valence-electron chi connectivity index (χ1n) is 5.82. The number of thioether (sulfide) groups is 1. The molecule has 1 aliphatic rings. The minimum atomic E-state index is -0.105. The fraction of sp³-hybridized carbons (Fsp3) is 0.308. The number of halogens is 1. The van der Waals surface area contributed by atoms with Gasteiger partial charge in [-0.25, -0.2) is 0 Å². The third kappa shape index (κ3) is 3.25. The molecule has 2 unspecified atom stereocenters. The molecule has 0 spiro atoms. The van der Waals surface area contributed by atoms with Crippen molar-refractivity contribution in [1.82, 2.24) is 9.88 Å².